The van der Waals surface area contributed by atoms with E-state index in [0.717, 1.165) is 0 Å². The van der Waals surface area contributed by atoms with E-state index in [1.165, 1.54) is 22.0 Å². The molecule has 0 spiro atoms. The maximum Gasteiger partial charge on any atom is 0.00368 e. The molecule has 1 aromatic heterocycles. The lowest BCUT2D eigenvalue weighted by molar-refractivity contribution is 1.35. The Balaban J connectivity index is 2.64. The van der Waals surface area contributed by atoms with Gasteiger partial charge in [-0.15, -0.1) is 0 Å². The van der Waals surface area contributed by atoms with Crippen LogP contribution in [0.25, 0.3) is 5.30 Å². The van der Waals surface area contributed by atoms with E-state index in [-0.39, 0.29) is 7.53 Å². The second-order valence-corrected chi connectivity index (χ2v) is 5.70. The minimum atomic E-state index is -0.155. The van der Waals surface area contributed by atoms with E-state index in [1.54, 1.807) is 0 Å². The quantitative estimate of drug-likeness (QED) is 0.634. The molecule has 1 heteroatoms. The summed E-state index contributed by atoms with van der Waals surface area (Å²) in [5.74, 6) is 4.64. The van der Waals surface area contributed by atoms with Gasteiger partial charge in [0, 0.05) is 5.30 Å². The number of benzene rings is 1. The lowest BCUT2D eigenvalue weighted by Gasteiger charge is -2.10. The third-order valence-corrected chi connectivity index (χ3v) is 4.71. The number of hydrogen-bond acceptors (Lipinski definition) is 0. The summed E-state index contributed by atoms with van der Waals surface area (Å²) in [5, 5.41) is 1.54. The highest BCUT2D eigenvalue weighted by Gasteiger charge is 2.05. The normalized spacial score (nSPS) is 10.5. The van der Waals surface area contributed by atoms with Gasteiger partial charge in [0.2, 0.25) is 0 Å². The zero-order valence-corrected chi connectivity index (χ0v) is 9.81. The van der Waals surface area contributed by atoms with Crippen LogP contribution < -0.4 is 0 Å². The van der Waals surface area contributed by atoms with Crippen LogP contribution in [0.3, 0.4) is 0 Å². The second kappa shape index (κ2) is 3.63. The minimum Gasteiger partial charge on any atom is -0.0929 e. The molecular weight excluding hydrogens is 187 g/mol. The summed E-state index contributed by atoms with van der Waals surface area (Å²) in [6.45, 7) is 6.60. The van der Waals surface area contributed by atoms with Crippen LogP contribution in [0.1, 0.15) is 16.7 Å². The Morgan fingerprint density at radius 1 is 0.857 bits per heavy atom. The van der Waals surface area contributed by atoms with Crippen molar-refractivity contribution in [3.8, 4) is 5.30 Å². The molecule has 0 fully saturated rings. The Hall–Kier alpha value is -1.00. The standard InChI is InChI=1S/C13H15P/c1-10-8-11(2)13(12(3)9-10)14-6-4-5-7-14/h4-9H,1-3H3. The Morgan fingerprint density at radius 2 is 1.36 bits per heavy atom. The van der Waals surface area contributed by atoms with Crippen molar-refractivity contribution in [1.82, 2.24) is 0 Å². The molecule has 0 saturated heterocycles. The molecule has 2 rings (SSSR count). The van der Waals surface area contributed by atoms with Crippen LogP contribution in [0.2, 0.25) is 0 Å². The molecule has 14 heavy (non-hydrogen) atoms. The SMILES string of the molecule is Cc1cc(C)c(-p2cccc2)c(C)c1. The molecule has 0 bridgehead atoms. The van der Waals surface area contributed by atoms with Crippen LogP contribution in [0, 0.1) is 20.8 Å². The van der Waals surface area contributed by atoms with Crippen LogP contribution in [-0.2, 0) is 0 Å². The molecule has 0 atom stereocenters. The summed E-state index contributed by atoms with van der Waals surface area (Å²) >= 11 is 0. The summed E-state index contributed by atoms with van der Waals surface area (Å²) < 4.78 is 0. The lowest BCUT2D eigenvalue weighted by atomic mass is 10.1. The fourth-order valence-corrected chi connectivity index (χ4v) is 3.97. The molecule has 0 N–H and O–H groups in total. The molecule has 0 saturated carbocycles. The number of aryl methyl sites for hydroxylation is 3. The zero-order chi connectivity index (χ0) is 10.1. The summed E-state index contributed by atoms with van der Waals surface area (Å²) in [4.78, 5) is 0. The van der Waals surface area contributed by atoms with E-state index in [0.29, 0.717) is 0 Å². The van der Waals surface area contributed by atoms with E-state index >= 15 is 0 Å². The zero-order valence-electron chi connectivity index (χ0n) is 8.91. The third-order valence-electron chi connectivity index (χ3n) is 2.50. The fraction of sp³-hybridized carbons (Fsp3) is 0.231. The highest BCUT2D eigenvalue weighted by molar-refractivity contribution is 7.56. The van der Waals surface area contributed by atoms with Gasteiger partial charge in [0.15, 0.2) is 0 Å². The van der Waals surface area contributed by atoms with Crippen molar-refractivity contribution in [1.29, 1.82) is 0 Å². The van der Waals surface area contributed by atoms with E-state index in [9.17, 15) is 0 Å². The molecule has 72 valence electrons. The van der Waals surface area contributed by atoms with E-state index in [2.05, 4.69) is 56.6 Å². The van der Waals surface area contributed by atoms with Crippen LogP contribution in [-0.4, -0.2) is 0 Å². The van der Waals surface area contributed by atoms with Crippen molar-refractivity contribution in [3.05, 3.63) is 52.6 Å². The van der Waals surface area contributed by atoms with Crippen LogP contribution in [0.4, 0.5) is 0 Å². The highest BCUT2D eigenvalue weighted by Crippen LogP contribution is 2.43. The van der Waals surface area contributed by atoms with Gasteiger partial charge in [-0.25, -0.2) is 0 Å². The molecule has 1 heterocycles. The van der Waals surface area contributed by atoms with Gasteiger partial charge in [0.1, 0.15) is 0 Å². The first kappa shape index (κ1) is 9.55. The molecule has 0 unspecified atom stereocenters. The van der Waals surface area contributed by atoms with Gasteiger partial charge in [-0.2, -0.15) is 0 Å². The minimum absolute atomic E-state index is 0.155. The largest absolute Gasteiger partial charge is 0.0929 e. The van der Waals surface area contributed by atoms with Gasteiger partial charge < -0.3 is 0 Å². The van der Waals surface area contributed by atoms with Crippen molar-refractivity contribution in [2.75, 3.05) is 0 Å². The van der Waals surface area contributed by atoms with Crippen LogP contribution >= 0.6 is 7.53 Å². The molecule has 0 amide bonds. The Bertz CT molecular complexity index is 415. The highest BCUT2D eigenvalue weighted by atomic mass is 31.1. The average Bonchev–Trinajstić information content (AvgIpc) is 2.54. The second-order valence-electron chi connectivity index (χ2n) is 3.84. The van der Waals surface area contributed by atoms with Crippen LogP contribution in [0.5, 0.6) is 0 Å². The fourth-order valence-electron chi connectivity index (χ4n) is 2.06. The smallest absolute Gasteiger partial charge is 0.00368 e. The van der Waals surface area contributed by atoms with Crippen LogP contribution in [0.15, 0.2) is 35.9 Å². The molecular formula is C13H15P. The van der Waals surface area contributed by atoms with Gasteiger partial charge in [0.25, 0.3) is 0 Å². The Labute approximate surface area is 86.7 Å². The third kappa shape index (κ3) is 1.63. The summed E-state index contributed by atoms with van der Waals surface area (Å²) in [5.41, 5.74) is 4.24. The summed E-state index contributed by atoms with van der Waals surface area (Å²) in [7, 11) is -0.155. The van der Waals surface area contributed by atoms with Crippen molar-refractivity contribution >= 4 is 7.53 Å². The molecule has 0 nitrogen and oxygen atoms in total. The Morgan fingerprint density at radius 3 is 1.86 bits per heavy atom. The van der Waals surface area contributed by atoms with Gasteiger partial charge >= 0.3 is 0 Å². The topological polar surface area (TPSA) is 0 Å². The van der Waals surface area contributed by atoms with Crippen molar-refractivity contribution < 1.29 is 0 Å². The van der Waals surface area contributed by atoms with Gasteiger partial charge in [0.05, 0.1) is 0 Å². The average molecular weight is 202 g/mol. The predicted molar refractivity (Wildman–Crippen MR) is 64.7 cm³/mol. The van der Waals surface area contributed by atoms with Gasteiger partial charge in [-0.1, -0.05) is 37.4 Å². The summed E-state index contributed by atoms with van der Waals surface area (Å²) in [6, 6.07) is 8.88. The first-order valence-corrected chi connectivity index (χ1v) is 6.37. The van der Waals surface area contributed by atoms with E-state index in [4.69, 9.17) is 0 Å². The molecule has 0 aliphatic heterocycles. The molecule has 1 aromatic carbocycles. The van der Waals surface area contributed by atoms with E-state index in [1.807, 2.05) is 0 Å². The van der Waals surface area contributed by atoms with Crippen molar-refractivity contribution in [3.63, 3.8) is 0 Å². The first-order chi connectivity index (χ1) is 6.68. The molecule has 2 aromatic rings. The molecule has 0 radical (unpaired) electrons. The maximum atomic E-state index is 2.32. The molecule has 0 aliphatic rings. The predicted octanol–water partition coefficient (Wildman–Crippen LogP) is 4.59. The maximum absolute atomic E-state index is 2.32. The van der Waals surface area contributed by atoms with Crippen molar-refractivity contribution in [2.45, 2.75) is 20.8 Å². The number of rotatable bonds is 1. The Kier molecular flexibility index (Phi) is 2.48. The van der Waals surface area contributed by atoms with E-state index < -0.39 is 0 Å². The van der Waals surface area contributed by atoms with Gasteiger partial charge in [-0.3, -0.25) is 0 Å². The number of hydrogen-bond donors (Lipinski definition) is 0. The summed E-state index contributed by atoms with van der Waals surface area (Å²) in [6.07, 6.45) is 0. The first-order valence-electron chi connectivity index (χ1n) is 4.89. The van der Waals surface area contributed by atoms with Crippen molar-refractivity contribution in [2.24, 2.45) is 0 Å². The monoisotopic (exact) mass is 202 g/mol. The lowest BCUT2D eigenvalue weighted by Crippen LogP contribution is -1.84. The van der Waals surface area contributed by atoms with Gasteiger partial charge in [-0.05, 0) is 43.5 Å². The molecule has 0 aliphatic carbocycles.